The van der Waals surface area contributed by atoms with E-state index in [1.165, 1.54) is 28.1 Å². The van der Waals surface area contributed by atoms with E-state index < -0.39 is 76.2 Å². The summed E-state index contributed by atoms with van der Waals surface area (Å²) in [7, 11) is 2.34. The lowest BCUT2D eigenvalue weighted by atomic mass is 10.1. The highest BCUT2D eigenvalue weighted by Gasteiger charge is 2.52. The largest absolute Gasteiger partial charge is 0.394 e. The number of imidazole rings is 2. The van der Waals surface area contributed by atoms with Gasteiger partial charge in [0.05, 0.1) is 37.4 Å². The fourth-order valence-electron chi connectivity index (χ4n) is 5.97. The molecule has 53 heavy (non-hydrogen) atoms. The van der Waals surface area contributed by atoms with Crippen LogP contribution in [-0.4, -0.2) is 119 Å². The van der Waals surface area contributed by atoms with Crippen LogP contribution in [0.5, 0.6) is 0 Å². The standard InChI is InChI=1S/C31H30BF2N10O8P/c1-16-22-27(38-12-36-16)43(14-40-22)31-21(34)25(18(10-45)50-31)52-53(32,48-9-5-8-35)49-11-19-24(46)20(33)30(51-19)44-15-41-23-26(37-13-39-28(23)44)42-29(47)17-6-3-2-4-7-17/h2-4,6-7,12-15,18-21,24-25,30-31,45-46H,5,9-11H2,1H3/q-1/p+1/t18-,19-,20-,21-,24-,25-,30-,31-,53?/m1/s1. The van der Waals surface area contributed by atoms with Gasteiger partial charge in [-0.15, -0.1) is 0 Å². The monoisotopic (exact) mass is 751 g/mol. The summed E-state index contributed by atoms with van der Waals surface area (Å²) in [5.74, 6) is -0.388. The number of ether oxygens (including phenoxy) is 2. The fraction of sp³-hybridized carbons (Fsp3) is 0.419. The number of benzene rings is 1. The van der Waals surface area contributed by atoms with Gasteiger partial charge in [0.25, 0.3) is 5.91 Å². The number of aryl methyl sites for hydroxylation is 1. The molecule has 9 atom stereocenters. The molecule has 3 N–H and O–H groups in total. The zero-order valence-electron chi connectivity index (χ0n) is 27.8. The van der Waals surface area contributed by atoms with Gasteiger partial charge in [-0.25, -0.2) is 52.3 Å². The Bertz CT molecular complexity index is 2130. The number of carbonyl (C=O) groups is 1. The summed E-state index contributed by atoms with van der Waals surface area (Å²) >= 11 is 0. The second-order valence-electron chi connectivity index (χ2n) is 12.0. The number of aromatic nitrogens is 8. The smallest absolute Gasteiger partial charge is 0.256 e. The molecule has 5 aromatic rings. The zero-order valence-corrected chi connectivity index (χ0v) is 28.7. The third-order valence-corrected chi connectivity index (χ3v) is 10.2. The maximum atomic E-state index is 16.2. The molecule has 2 aliphatic heterocycles. The van der Waals surface area contributed by atoms with Crippen LogP contribution >= 0.6 is 7.82 Å². The number of nitriles is 1. The van der Waals surface area contributed by atoms with Gasteiger partial charge in [0.15, 0.2) is 53.5 Å². The zero-order chi connectivity index (χ0) is 37.3. The van der Waals surface area contributed by atoms with Crippen molar-refractivity contribution in [2.45, 2.75) is 62.6 Å². The topological polar surface area (TPSA) is 227 Å². The van der Waals surface area contributed by atoms with E-state index in [4.69, 9.17) is 35.9 Å². The minimum absolute atomic E-state index is 0.0657. The highest BCUT2D eigenvalue weighted by molar-refractivity contribution is 7.85. The number of rotatable bonds is 13. The van der Waals surface area contributed by atoms with Crippen molar-refractivity contribution in [2.24, 2.45) is 0 Å². The molecule has 0 saturated carbocycles. The lowest BCUT2D eigenvalue weighted by molar-refractivity contribution is -0.0544. The summed E-state index contributed by atoms with van der Waals surface area (Å²) in [6.45, 7) is 0.142. The first-order chi connectivity index (χ1) is 25.6. The first kappa shape index (κ1) is 36.7. The summed E-state index contributed by atoms with van der Waals surface area (Å²) in [6.07, 6.45) is -7.87. The van der Waals surface area contributed by atoms with E-state index in [1.807, 2.05) is 6.07 Å². The number of aliphatic hydroxyl groups excluding tert-OH is 2. The molecular formula is C31H31BF2N10O8P. The summed E-state index contributed by atoms with van der Waals surface area (Å²) in [4.78, 5) is 37.8. The van der Waals surface area contributed by atoms with E-state index in [0.29, 0.717) is 16.8 Å². The van der Waals surface area contributed by atoms with Crippen LogP contribution in [0.25, 0.3) is 22.3 Å². The molecule has 2 fully saturated rings. The second kappa shape index (κ2) is 15.4. The first-order valence-electron chi connectivity index (χ1n) is 16.2. The van der Waals surface area contributed by atoms with Crippen LogP contribution in [0.15, 0.2) is 55.6 Å². The third kappa shape index (κ3) is 7.20. The molecule has 7 rings (SSSR count). The summed E-state index contributed by atoms with van der Waals surface area (Å²) in [5, 5.41) is 32.7. The quantitative estimate of drug-likeness (QED) is 0.0891. The van der Waals surface area contributed by atoms with E-state index in [0.717, 1.165) is 6.33 Å². The van der Waals surface area contributed by atoms with Gasteiger partial charge in [0, 0.05) is 5.56 Å². The van der Waals surface area contributed by atoms with E-state index in [2.05, 4.69) is 35.2 Å². The van der Waals surface area contributed by atoms with Gasteiger partial charge < -0.3 is 25.0 Å². The van der Waals surface area contributed by atoms with Crippen molar-refractivity contribution in [3.05, 3.63) is 66.9 Å². The van der Waals surface area contributed by atoms with Crippen LogP contribution in [0.2, 0.25) is 0 Å². The Kier molecular flexibility index (Phi) is 10.6. The fourth-order valence-corrected chi connectivity index (χ4v) is 7.46. The molecule has 0 aliphatic carbocycles. The number of nitrogens with one attached hydrogen (secondary N) is 1. The van der Waals surface area contributed by atoms with Crippen molar-refractivity contribution in [3.8, 4) is 6.07 Å². The number of hydrogen-bond acceptors (Lipinski definition) is 15. The maximum Gasteiger partial charge on any atom is 0.256 e. The predicted octanol–water partition coefficient (Wildman–Crippen LogP) is 2.23. The highest BCUT2D eigenvalue weighted by atomic mass is 31.2. The lowest BCUT2D eigenvalue weighted by Crippen LogP contribution is -2.36. The average molecular weight is 751 g/mol. The normalized spacial score (nSPS) is 26.9. The molecule has 275 valence electrons. The number of fused-ring (bicyclic) bond motifs is 2. The van der Waals surface area contributed by atoms with E-state index in [1.54, 1.807) is 37.3 Å². The minimum atomic E-state index is -4.08. The van der Waals surface area contributed by atoms with Crippen LogP contribution < -0.4 is 5.32 Å². The Morgan fingerprint density at radius 2 is 1.64 bits per heavy atom. The number of aliphatic hydroxyl groups is 2. The molecule has 18 nitrogen and oxygen atoms in total. The Hall–Kier alpha value is -4.65. The molecule has 0 bridgehead atoms. The maximum absolute atomic E-state index is 16.2. The van der Waals surface area contributed by atoms with Crippen molar-refractivity contribution in [1.29, 1.82) is 5.26 Å². The Balaban J connectivity index is 1.06. The van der Waals surface area contributed by atoms with Crippen molar-refractivity contribution in [3.63, 3.8) is 0 Å². The second-order valence-corrected chi connectivity index (χ2v) is 13.8. The van der Waals surface area contributed by atoms with Crippen LogP contribution in [0, 0.1) is 18.3 Å². The Morgan fingerprint density at radius 3 is 2.36 bits per heavy atom. The highest BCUT2D eigenvalue weighted by Crippen LogP contribution is 2.61. The van der Waals surface area contributed by atoms with Gasteiger partial charge in [-0.1, -0.05) is 18.2 Å². The number of amides is 1. The predicted molar refractivity (Wildman–Crippen MR) is 180 cm³/mol. The SMILES string of the molecule is [B-][P+](OCCC#N)(OC[C@H]1O[C@@H](n2cnc3c(NC(=O)c4ccccc4)ncnc32)[C@H](F)[C@@H]1O)O[C@H]1[C@@H](F)[C@H](n2cnc3c(C)ncnc32)O[C@@H]1CO. The van der Waals surface area contributed by atoms with Crippen molar-refractivity contribution >= 4 is 49.4 Å². The van der Waals surface area contributed by atoms with Crippen molar-refractivity contribution in [1.82, 2.24) is 39.0 Å². The number of halogens is 2. The first-order valence-corrected chi connectivity index (χ1v) is 17.8. The van der Waals surface area contributed by atoms with E-state index in [-0.39, 0.29) is 35.7 Å². The molecule has 2 aliphatic rings. The molecular weight excluding hydrogens is 720 g/mol. The van der Waals surface area contributed by atoms with Crippen molar-refractivity contribution in [2.75, 3.05) is 25.1 Å². The van der Waals surface area contributed by atoms with Crippen LogP contribution in [0.1, 0.15) is 34.9 Å². The minimum Gasteiger partial charge on any atom is -0.394 e. The number of alkyl halides is 2. The number of carbonyl (C=O) groups excluding carboxylic acids is 1. The molecule has 3 radical (unpaired) electrons. The van der Waals surface area contributed by atoms with Gasteiger partial charge in [0.2, 0.25) is 0 Å². The molecule has 1 unspecified atom stereocenters. The summed E-state index contributed by atoms with van der Waals surface area (Å²) in [6, 6.07) is 10.3. The molecule has 0 spiro atoms. The molecule has 1 aromatic carbocycles. The molecule has 2 saturated heterocycles. The molecule has 1 amide bonds. The van der Waals surface area contributed by atoms with Crippen LogP contribution in [0.3, 0.4) is 0 Å². The van der Waals surface area contributed by atoms with Crippen LogP contribution in [0.4, 0.5) is 14.6 Å². The molecule has 6 heterocycles. The summed E-state index contributed by atoms with van der Waals surface area (Å²) in [5.41, 5.74) is 1.86. The number of anilines is 1. The number of nitrogens with zero attached hydrogens (tertiary/aromatic N) is 9. The van der Waals surface area contributed by atoms with Gasteiger partial charge in [-0.2, -0.15) is 12.8 Å². The lowest BCUT2D eigenvalue weighted by Gasteiger charge is -2.35. The van der Waals surface area contributed by atoms with Gasteiger partial charge in [0.1, 0.15) is 57.5 Å². The van der Waals surface area contributed by atoms with Crippen LogP contribution in [-0.2, 0) is 23.0 Å². The van der Waals surface area contributed by atoms with Gasteiger partial charge >= 0.3 is 0 Å². The molecule has 22 heteroatoms. The Labute approximate surface area is 301 Å². The number of hydrogen-bond donors (Lipinski definition) is 3. The third-order valence-electron chi connectivity index (χ3n) is 8.63. The molecule has 4 aromatic heterocycles. The van der Waals surface area contributed by atoms with Gasteiger partial charge in [-0.3, -0.25) is 13.9 Å². The average Bonchev–Trinajstić information content (AvgIpc) is 3.93. The Morgan fingerprint density at radius 1 is 0.981 bits per heavy atom. The van der Waals surface area contributed by atoms with Gasteiger partial charge in [-0.05, 0) is 19.1 Å². The van der Waals surface area contributed by atoms with Crippen molar-refractivity contribution < 1.29 is 46.8 Å². The van der Waals surface area contributed by atoms with E-state index in [9.17, 15) is 15.0 Å². The summed E-state index contributed by atoms with van der Waals surface area (Å²) < 4.78 is 63.4. The van der Waals surface area contributed by atoms with E-state index >= 15 is 8.78 Å².